The molecule has 1 aromatic rings. The lowest BCUT2D eigenvalue weighted by Crippen LogP contribution is -2.27. The van der Waals surface area contributed by atoms with Crippen LogP contribution in [0.5, 0.6) is 0 Å². The minimum Gasteiger partial charge on any atom is -0.272 e. The maximum atomic E-state index is 12.1. The summed E-state index contributed by atoms with van der Waals surface area (Å²) in [6.45, 7) is 0.475. The fraction of sp³-hybridized carbons (Fsp3) is 0.333. The molecule has 1 atom stereocenters. The Kier molecular flexibility index (Phi) is 2.84. The van der Waals surface area contributed by atoms with E-state index in [2.05, 4.69) is 5.10 Å². The lowest BCUT2D eigenvalue weighted by molar-refractivity contribution is -0.131. The standard InChI is InChI=1S/C12H11ClN2OS/c13-10-4-2-1-3-8(10)5-15-12(16)9-6-17-7-11(9)14-15/h1-4,9H,5-7H2. The van der Waals surface area contributed by atoms with Gasteiger partial charge in [-0.1, -0.05) is 29.8 Å². The Morgan fingerprint density at radius 3 is 3.06 bits per heavy atom. The van der Waals surface area contributed by atoms with Gasteiger partial charge in [0.1, 0.15) is 0 Å². The number of fused-ring (bicyclic) bond motifs is 1. The third-order valence-corrected chi connectivity index (χ3v) is 4.45. The van der Waals surface area contributed by atoms with Crippen LogP contribution in [0.4, 0.5) is 0 Å². The minimum atomic E-state index is 0.0162. The van der Waals surface area contributed by atoms with Gasteiger partial charge in [0.15, 0.2) is 0 Å². The summed E-state index contributed by atoms with van der Waals surface area (Å²) in [5, 5.41) is 6.63. The monoisotopic (exact) mass is 266 g/mol. The molecule has 0 aromatic heterocycles. The van der Waals surface area contributed by atoms with Gasteiger partial charge in [0.2, 0.25) is 0 Å². The van der Waals surface area contributed by atoms with E-state index in [4.69, 9.17) is 11.6 Å². The first kappa shape index (κ1) is 11.1. The maximum absolute atomic E-state index is 12.1. The second kappa shape index (κ2) is 4.35. The number of amides is 1. The molecule has 2 heterocycles. The molecule has 0 radical (unpaired) electrons. The molecule has 1 unspecified atom stereocenters. The molecular weight excluding hydrogens is 256 g/mol. The van der Waals surface area contributed by atoms with Crippen LogP contribution in [0, 0.1) is 5.92 Å². The molecule has 88 valence electrons. The van der Waals surface area contributed by atoms with Crippen molar-refractivity contribution in [3.05, 3.63) is 34.9 Å². The van der Waals surface area contributed by atoms with Crippen LogP contribution in [-0.2, 0) is 11.3 Å². The first-order valence-corrected chi connectivity index (χ1v) is 6.99. The zero-order valence-electron chi connectivity index (χ0n) is 9.10. The van der Waals surface area contributed by atoms with Gasteiger partial charge in [0, 0.05) is 16.5 Å². The quantitative estimate of drug-likeness (QED) is 0.823. The number of rotatable bonds is 2. The second-order valence-electron chi connectivity index (χ2n) is 4.15. The van der Waals surface area contributed by atoms with E-state index in [1.165, 1.54) is 0 Å². The van der Waals surface area contributed by atoms with Crippen LogP contribution in [0.25, 0.3) is 0 Å². The molecule has 2 aliphatic heterocycles. The number of benzene rings is 1. The summed E-state index contributed by atoms with van der Waals surface area (Å²) in [6, 6.07) is 7.57. The van der Waals surface area contributed by atoms with Crippen molar-refractivity contribution >= 4 is 35.0 Å². The Bertz CT molecular complexity index is 503. The number of hydrazone groups is 1. The van der Waals surface area contributed by atoms with Crippen LogP contribution < -0.4 is 0 Å². The van der Waals surface area contributed by atoms with E-state index in [0.717, 1.165) is 22.8 Å². The summed E-state index contributed by atoms with van der Waals surface area (Å²) >= 11 is 7.86. The van der Waals surface area contributed by atoms with Crippen LogP contribution in [0.1, 0.15) is 5.56 Å². The number of hydrogen-bond acceptors (Lipinski definition) is 3. The molecule has 2 aliphatic rings. The minimum absolute atomic E-state index is 0.0162. The normalized spacial score (nSPS) is 22.9. The van der Waals surface area contributed by atoms with Crippen molar-refractivity contribution in [2.75, 3.05) is 11.5 Å². The van der Waals surface area contributed by atoms with Crippen molar-refractivity contribution in [2.45, 2.75) is 6.54 Å². The van der Waals surface area contributed by atoms with Crippen molar-refractivity contribution in [1.82, 2.24) is 5.01 Å². The molecular formula is C12H11ClN2OS. The Labute approximate surface area is 109 Å². The second-order valence-corrected chi connectivity index (χ2v) is 5.58. The van der Waals surface area contributed by atoms with Gasteiger partial charge in [-0.15, -0.1) is 0 Å². The average molecular weight is 267 g/mol. The van der Waals surface area contributed by atoms with Crippen molar-refractivity contribution in [2.24, 2.45) is 11.0 Å². The van der Waals surface area contributed by atoms with Crippen LogP contribution in [-0.4, -0.2) is 28.1 Å². The molecule has 0 bridgehead atoms. The smallest absolute Gasteiger partial charge is 0.252 e. The summed E-state index contributed by atoms with van der Waals surface area (Å²) in [5.74, 6) is 1.89. The number of carbonyl (C=O) groups is 1. The molecule has 0 aliphatic carbocycles. The molecule has 3 rings (SSSR count). The highest BCUT2D eigenvalue weighted by molar-refractivity contribution is 8.00. The van der Waals surface area contributed by atoms with E-state index in [1.54, 1.807) is 16.8 Å². The van der Waals surface area contributed by atoms with Crippen molar-refractivity contribution in [3.63, 3.8) is 0 Å². The van der Waals surface area contributed by atoms with Crippen LogP contribution in [0.15, 0.2) is 29.4 Å². The summed E-state index contributed by atoms with van der Waals surface area (Å²) in [5.41, 5.74) is 1.96. The molecule has 3 nitrogen and oxygen atoms in total. The third kappa shape index (κ3) is 1.96. The van der Waals surface area contributed by atoms with Crippen LogP contribution >= 0.6 is 23.4 Å². The topological polar surface area (TPSA) is 32.7 Å². The van der Waals surface area contributed by atoms with E-state index in [0.29, 0.717) is 11.6 Å². The van der Waals surface area contributed by atoms with Gasteiger partial charge in [-0.3, -0.25) is 4.79 Å². The number of nitrogens with zero attached hydrogens (tertiary/aromatic N) is 2. The largest absolute Gasteiger partial charge is 0.272 e. The van der Waals surface area contributed by atoms with Crippen LogP contribution in [0.2, 0.25) is 5.02 Å². The molecule has 1 fully saturated rings. The number of carbonyl (C=O) groups excluding carboxylic acids is 1. The fourth-order valence-electron chi connectivity index (χ4n) is 2.08. The molecule has 1 aromatic carbocycles. The average Bonchev–Trinajstić information content (AvgIpc) is 2.87. The molecule has 5 heteroatoms. The number of hydrogen-bond donors (Lipinski definition) is 0. The zero-order valence-corrected chi connectivity index (χ0v) is 10.7. The van der Waals surface area contributed by atoms with E-state index in [-0.39, 0.29) is 11.8 Å². The lowest BCUT2D eigenvalue weighted by atomic mass is 10.1. The zero-order chi connectivity index (χ0) is 11.8. The van der Waals surface area contributed by atoms with Gasteiger partial charge >= 0.3 is 0 Å². The van der Waals surface area contributed by atoms with Crippen molar-refractivity contribution in [3.8, 4) is 0 Å². The molecule has 0 spiro atoms. The highest BCUT2D eigenvalue weighted by atomic mass is 35.5. The van der Waals surface area contributed by atoms with Gasteiger partial charge in [-0.05, 0) is 11.6 Å². The molecule has 0 saturated carbocycles. The molecule has 17 heavy (non-hydrogen) atoms. The van der Waals surface area contributed by atoms with Gasteiger partial charge in [-0.25, -0.2) is 5.01 Å². The van der Waals surface area contributed by atoms with Gasteiger partial charge in [-0.2, -0.15) is 16.9 Å². The van der Waals surface area contributed by atoms with Gasteiger partial charge < -0.3 is 0 Å². The van der Waals surface area contributed by atoms with Gasteiger partial charge in [0.05, 0.1) is 18.2 Å². The first-order valence-electron chi connectivity index (χ1n) is 5.45. The SMILES string of the molecule is O=C1C2CSCC2=NN1Cc1ccccc1Cl. The van der Waals surface area contributed by atoms with E-state index >= 15 is 0 Å². The fourth-order valence-corrected chi connectivity index (χ4v) is 3.43. The predicted molar refractivity (Wildman–Crippen MR) is 70.3 cm³/mol. The summed E-state index contributed by atoms with van der Waals surface area (Å²) in [6.07, 6.45) is 0. The number of halogens is 1. The van der Waals surface area contributed by atoms with E-state index in [1.807, 2.05) is 24.3 Å². The maximum Gasteiger partial charge on any atom is 0.252 e. The molecule has 0 N–H and O–H groups in total. The van der Waals surface area contributed by atoms with Crippen molar-refractivity contribution in [1.29, 1.82) is 0 Å². The van der Waals surface area contributed by atoms with E-state index < -0.39 is 0 Å². The van der Waals surface area contributed by atoms with Gasteiger partial charge in [0.25, 0.3) is 5.91 Å². The summed E-state index contributed by atoms with van der Waals surface area (Å²) < 4.78 is 0. The highest BCUT2D eigenvalue weighted by Crippen LogP contribution is 2.30. The Balaban J connectivity index is 1.81. The highest BCUT2D eigenvalue weighted by Gasteiger charge is 2.39. The molecule has 1 saturated heterocycles. The molecule has 1 amide bonds. The summed E-state index contributed by atoms with van der Waals surface area (Å²) in [7, 11) is 0. The Morgan fingerprint density at radius 2 is 2.29 bits per heavy atom. The summed E-state index contributed by atoms with van der Waals surface area (Å²) in [4.78, 5) is 12.1. The lowest BCUT2D eigenvalue weighted by Gasteiger charge is -2.14. The Hall–Kier alpha value is -1.00. The van der Waals surface area contributed by atoms with Crippen molar-refractivity contribution < 1.29 is 4.79 Å². The number of thioether (sulfide) groups is 1. The van der Waals surface area contributed by atoms with Crippen LogP contribution in [0.3, 0.4) is 0 Å². The third-order valence-electron chi connectivity index (χ3n) is 3.02. The Morgan fingerprint density at radius 1 is 1.47 bits per heavy atom. The first-order chi connectivity index (χ1) is 8.25. The van der Waals surface area contributed by atoms with E-state index in [9.17, 15) is 4.79 Å². The predicted octanol–water partition coefficient (Wildman–Crippen LogP) is 2.40.